The zero-order valence-electron chi connectivity index (χ0n) is 13.4. The minimum atomic E-state index is -6.05. The molecule has 0 saturated heterocycles. The normalized spacial score (nSPS) is 18.8. The third-order valence-corrected chi connectivity index (χ3v) is 5.51. The van der Waals surface area contributed by atoms with Gasteiger partial charge in [-0.25, -0.2) is 21.6 Å². The van der Waals surface area contributed by atoms with Gasteiger partial charge in [0.15, 0.2) is 11.6 Å². The molecule has 0 aliphatic heterocycles. The summed E-state index contributed by atoms with van der Waals surface area (Å²) in [6.45, 7) is 0. The summed E-state index contributed by atoms with van der Waals surface area (Å²) in [4.78, 5) is -1.54. The molecule has 0 unspecified atom stereocenters. The van der Waals surface area contributed by atoms with Crippen LogP contribution in [0.5, 0.6) is 11.5 Å². The number of halogens is 6. The van der Waals surface area contributed by atoms with Crippen LogP contribution in [0.2, 0.25) is 0 Å². The van der Waals surface area contributed by atoms with E-state index in [1.165, 1.54) is 0 Å². The number of sulfone groups is 1. The van der Waals surface area contributed by atoms with Crippen LogP contribution in [0, 0.1) is 11.0 Å². The highest BCUT2D eigenvalue weighted by Gasteiger charge is 2.55. The van der Waals surface area contributed by atoms with Crippen LogP contribution in [0.15, 0.2) is 35.5 Å². The second-order valence-corrected chi connectivity index (χ2v) is 7.80. The number of fused-ring (bicyclic) bond motifs is 1. The van der Waals surface area contributed by atoms with Gasteiger partial charge in [0, 0.05) is 23.6 Å². The minimum absolute atomic E-state index is 0.00315. The van der Waals surface area contributed by atoms with Crippen LogP contribution in [0.25, 0.3) is 0 Å². The summed E-state index contributed by atoms with van der Waals surface area (Å²) in [7, 11) is -6.05. The monoisotopic (exact) mass is 429 g/mol. The van der Waals surface area contributed by atoms with Gasteiger partial charge in [0.05, 0.1) is 4.90 Å². The third kappa shape index (κ3) is 3.24. The second-order valence-electron chi connectivity index (χ2n) is 5.90. The fraction of sp³-hybridized carbons (Fsp3) is 0.267. The van der Waals surface area contributed by atoms with Gasteiger partial charge in [0.2, 0.25) is 12.4 Å². The molecule has 1 heterocycles. The number of ether oxygens (including phenoxy) is 1. The number of nitrogens with zero attached hydrogens (tertiary/aromatic N) is 1. The van der Waals surface area contributed by atoms with Gasteiger partial charge in [-0.2, -0.15) is 17.9 Å². The standard InChI is InChI=1S/C15H9F6NO5S/c16-7-3-8(6-22(24)5-7)27-10-1-2-11(28(25,26)15(19,20)21)12-9(10)4-14(17,18)13(12)23/h1-3,5-6,13,23H,4H2/t13-/m0/s1. The Hall–Kier alpha value is -2.54. The van der Waals surface area contributed by atoms with Crippen molar-refractivity contribution in [2.24, 2.45) is 0 Å². The maximum absolute atomic E-state index is 13.9. The maximum atomic E-state index is 13.9. The number of pyridine rings is 1. The molecule has 13 heteroatoms. The molecule has 1 N–H and O–H groups in total. The van der Waals surface area contributed by atoms with Gasteiger partial charge in [0.25, 0.3) is 15.8 Å². The van der Waals surface area contributed by atoms with E-state index in [1.807, 2.05) is 0 Å². The number of aliphatic hydroxyl groups is 1. The first kappa shape index (κ1) is 20.2. The van der Waals surface area contributed by atoms with Crippen LogP contribution in [0.3, 0.4) is 0 Å². The molecule has 0 radical (unpaired) electrons. The van der Waals surface area contributed by atoms with Gasteiger partial charge in [-0.05, 0) is 12.1 Å². The number of hydrogen-bond donors (Lipinski definition) is 1. The van der Waals surface area contributed by atoms with Gasteiger partial charge in [0.1, 0.15) is 11.9 Å². The Kier molecular flexibility index (Phi) is 4.50. The van der Waals surface area contributed by atoms with E-state index in [0.717, 1.165) is 0 Å². The number of rotatable bonds is 3. The van der Waals surface area contributed by atoms with Crippen LogP contribution in [-0.4, -0.2) is 25.0 Å². The van der Waals surface area contributed by atoms with E-state index in [-0.39, 0.29) is 4.73 Å². The molecular weight excluding hydrogens is 420 g/mol. The molecule has 1 atom stereocenters. The molecule has 6 nitrogen and oxygen atoms in total. The Bertz CT molecular complexity index is 1030. The van der Waals surface area contributed by atoms with E-state index in [1.54, 1.807) is 0 Å². The topological polar surface area (TPSA) is 90.5 Å². The van der Waals surface area contributed by atoms with Gasteiger partial charge >= 0.3 is 5.51 Å². The quantitative estimate of drug-likeness (QED) is 0.461. The van der Waals surface area contributed by atoms with Crippen LogP contribution >= 0.6 is 0 Å². The molecule has 1 aromatic carbocycles. The van der Waals surface area contributed by atoms with Crippen molar-refractivity contribution in [3.05, 3.63) is 52.7 Å². The number of benzene rings is 1. The zero-order chi connectivity index (χ0) is 21.1. The number of hydrogen-bond acceptors (Lipinski definition) is 5. The Labute approximate surface area is 153 Å². The molecule has 0 fully saturated rings. The summed E-state index contributed by atoms with van der Waals surface area (Å²) in [5.41, 5.74) is -7.66. The van der Waals surface area contributed by atoms with Crippen molar-refractivity contribution in [2.75, 3.05) is 0 Å². The van der Waals surface area contributed by atoms with Crippen molar-refractivity contribution < 1.29 is 49.3 Å². The Morgan fingerprint density at radius 2 is 1.89 bits per heavy atom. The first-order chi connectivity index (χ1) is 12.7. The third-order valence-electron chi connectivity index (χ3n) is 3.97. The molecule has 152 valence electrons. The van der Waals surface area contributed by atoms with Gasteiger partial charge in [-0.3, -0.25) is 0 Å². The summed E-state index contributed by atoms with van der Waals surface area (Å²) in [5, 5.41) is 21.0. The summed E-state index contributed by atoms with van der Waals surface area (Å²) < 4.78 is 108. The van der Waals surface area contributed by atoms with Crippen molar-refractivity contribution in [2.45, 2.75) is 28.9 Å². The summed E-state index contributed by atoms with van der Waals surface area (Å²) in [6, 6.07) is 1.71. The van der Waals surface area contributed by atoms with Crippen molar-refractivity contribution in [3.63, 3.8) is 0 Å². The molecule has 3 rings (SSSR count). The molecule has 0 bridgehead atoms. The average molecular weight is 429 g/mol. The van der Waals surface area contributed by atoms with Crippen molar-refractivity contribution in [1.82, 2.24) is 0 Å². The van der Waals surface area contributed by atoms with Gasteiger partial charge in [-0.15, -0.1) is 0 Å². The van der Waals surface area contributed by atoms with Crippen LogP contribution < -0.4 is 9.47 Å². The highest BCUT2D eigenvalue weighted by Crippen LogP contribution is 2.51. The molecule has 0 amide bonds. The fourth-order valence-corrected chi connectivity index (χ4v) is 3.80. The predicted octanol–water partition coefficient (Wildman–Crippen LogP) is 2.77. The molecule has 1 aliphatic carbocycles. The van der Waals surface area contributed by atoms with E-state index in [4.69, 9.17) is 4.74 Å². The summed E-state index contributed by atoms with van der Waals surface area (Å²) >= 11 is 0. The molecule has 1 aliphatic rings. The average Bonchev–Trinajstić information content (AvgIpc) is 2.76. The second kappa shape index (κ2) is 6.24. The number of alkyl halides is 5. The lowest BCUT2D eigenvalue weighted by Gasteiger charge is -2.17. The lowest BCUT2D eigenvalue weighted by atomic mass is 10.1. The molecule has 0 saturated carbocycles. The Balaban J connectivity index is 2.19. The van der Waals surface area contributed by atoms with Crippen LogP contribution in [-0.2, 0) is 16.3 Å². The molecule has 1 aromatic heterocycles. The lowest BCUT2D eigenvalue weighted by molar-refractivity contribution is -0.607. The summed E-state index contributed by atoms with van der Waals surface area (Å²) in [5.74, 6) is -6.06. The SMILES string of the molecule is O=S(=O)(c1ccc(Oc2cc(F)c[n+]([O-])c2)c2c1[C@H](O)C(F)(F)C2)C(F)(F)F. The van der Waals surface area contributed by atoms with E-state index < -0.39 is 67.1 Å². The predicted molar refractivity (Wildman–Crippen MR) is 78.7 cm³/mol. The van der Waals surface area contributed by atoms with Crippen LogP contribution in [0.1, 0.15) is 17.2 Å². The smallest absolute Gasteiger partial charge is 0.501 e. The molecule has 28 heavy (non-hydrogen) atoms. The van der Waals surface area contributed by atoms with E-state index >= 15 is 0 Å². The molecular formula is C15H9F6NO5S. The van der Waals surface area contributed by atoms with E-state index in [0.29, 0.717) is 30.6 Å². The van der Waals surface area contributed by atoms with Gasteiger partial charge in [-0.1, -0.05) is 0 Å². The van der Waals surface area contributed by atoms with Gasteiger partial charge < -0.3 is 15.1 Å². The Morgan fingerprint density at radius 3 is 2.46 bits per heavy atom. The minimum Gasteiger partial charge on any atom is -0.619 e. The van der Waals surface area contributed by atoms with Crippen molar-refractivity contribution in [3.8, 4) is 11.5 Å². The first-order valence-corrected chi connectivity index (χ1v) is 8.82. The first-order valence-electron chi connectivity index (χ1n) is 7.34. The summed E-state index contributed by atoms with van der Waals surface area (Å²) in [6.07, 6.45) is -2.93. The Morgan fingerprint density at radius 1 is 1.25 bits per heavy atom. The molecule has 2 aromatic rings. The fourth-order valence-electron chi connectivity index (χ4n) is 2.78. The largest absolute Gasteiger partial charge is 0.619 e. The highest BCUT2D eigenvalue weighted by molar-refractivity contribution is 7.92. The molecule has 0 spiro atoms. The van der Waals surface area contributed by atoms with E-state index in [2.05, 4.69) is 0 Å². The zero-order valence-corrected chi connectivity index (χ0v) is 14.2. The van der Waals surface area contributed by atoms with Crippen molar-refractivity contribution >= 4 is 9.84 Å². The van der Waals surface area contributed by atoms with Crippen LogP contribution in [0.4, 0.5) is 26.3 Å². The number of aliphatic hydroxyl groups excluding tert-OH is 1. The highest BCUT2D eigenvalue weighted by atomic mass is 32.2. The van der Waals surface area contributed by atoms with Crippen molar-refractivity contribution in [1.29, 1.82) is 0 Å². The van der Waals surface area contributed by atoms with E-state index in [9.17, 15) is 45.1 Å². The maximum Gasteiger partial charge on any atom is 0.501 e. The lowest BCUT2D eigenvalue weighted by Crippen LogP contribution is -2.26. The number of aromatic nitrogens is 1.